The molecule has 9 nitrogen and oxygen atoms in total. The number of carbonyl (C=O) groups excluding carboxylic acids is 2. The predicted molar refractivity (Wildman–Crippen MR) is 143 cm³/mol. The number of piperazine rings is 1. The quantitative estimate of drug-likeness (QED) is 0.308. The van der Waals surface area contributed by atoms with Gasteiger partial charge in [0.25, 0.3) is 17.5 Å². The second-order valence-electron chi connectivity index (χ2n) is 8.33. The molecule has 2 N–H and O–H groups in total. The van der Waals surface area contributed by atoms with Crippen LogP contribution in [0.25, 0.3) is 0 Å². The maximum atomic E-state index is 12.8. The van der Waals surface area contributed by atoms with Gasteiger partial charge in [-0.2, -0.15) is 0 Å². The summed E-state index contributed by atoms with van der Waals surface area (Å²) in [5, 5.41) is 16.9. The van der Waals surface area contributed by atoms with Gasteiger partial charge in [-0.3, -0.25) is 25.0 Å². The molecule has 0 saturated carbocycles. The molecular weight excluding hydrogens is 478 g/mol. The molecule has 0 spiro atoms. The van der Waals surface area contributed by atoms with Gasteiger partial charge in [0.2, 0.25) is 0 Å². The van der Waals surface area contributed by atoms with E-state index in [1.807, 2.05) is 59.5 Å². The van der Waals surface area contributed by atoms with Crippen LogP contribution in [-0.2, 0) is 0 Å². The van der Waals surface area contributed by atoms with Gasteiger partial charge in [0.05, 0.1) is 16.3 Å². The topological polar surface area (TPSA) is 108 Å². The summed E-state index contributed by atoms with van der Waals surface area (Å²) in [4.78, 5) is 40.0. The molecule has 0 atom stereocenters. The number of nitrogens with one attached hydrogen (secondary N) is 2. The predicted octanol–water partition coefficient (Wildman–Crippen LogP) is 3.99. The number of carbonyl (C=O) groups is 2. The summed E-state index contributed by atoms with van der Waals surface area (Å²) in [6, 6.07) is 21.1. The zero-order valence-corrected chi connectivity index (χ0v) is 20.5. The molecule has 2 amide bonds. The van der Waals surface area contributed by atoms with Crippen LogP contribution in [0.3, 0.4) is 0 Å². The molecule has 184 valence electrons. The number of thiocarbonyl (C=S) groups is 1. The van der Waals surface area contributed by atoms with Gasteiger partial charge in [-0.25, -0.2) is 0 Å². The highest BCUT2D eigenvalue weighted by Gasteiger charge is 2.24. The Kier molecular flexibility index (Phi) is 7.55. The first-order chi connectivity index (χ1) is 17.3. The van der Waals surface area contributed by atoms with E-state index in [-0.39, 0.29) is 22.3 Å². The largest absolute Gasteiger partial charge is 0.366 e. The van der Waals surface area contributed by atoms with Crippen molar-refractivity contribution >= 4 is 46.2 Å². The lowest BCUT2D eigenvalue weighted by Gasteiger charge is -2.37. The maximum absolute atomic E-state index is 12.8. The molecule has 4 rings (SSSR count). The molecule has 3 aromatic rings. The van der Waals surface area contributed by atoms with E-state index in [9.17, 15) is 19.7 Å². The molecule has 0 aliphatic carbocycles. The number of nitro groups is 1. The highest BCUT2D eigenvalue weighted by Crippen LogP contribution is 2.27. The van der Waals surface area contributed by atoms with Crippen LogP contribution < -0.4 is 15.5 Å². The summed E-state index contributed by atoms with van der Waals surface area (Å²) in [6.07, 6.45) is 0. The Hall–Kier alpha value is -4.31. The van der Waals surface area contributed by atoms with Crippen LogP contribution in [0.15, 0.2) is 72.8 Å². The van der Waals surface area contributed by atoms with Crippen molar-refractivity contribution < 1.29 is 14.5 Å². The minimum absolute atomic E-state index is 0.0156. The van der Waals surface area contributed by atoms with Crippen molar-refractivity contribution in [3.05, 3.63) is 99.6 Å². The van der Waals surface area contributed by atoms with Crippen LogP contribution >= 0.6 is 12.2 Å². The minimum atomic E-state index is -0.541. The van der Waals surface area contributed by atoms with Crippen LogP contribution in [0.4, 0.5) is 17.1 Å². The second kappa shape index (κ2) is 11.0. The van der Waals surface area contributed by atoms with Gasteiger partial charge < -0.3 is 15.1 Å². The number of aryl methyl sites for hydroxylation is 1. The number of hydrogen-bond donors (Lipinski definition) is 2. The maximum Gasteiger partial charge on any atom is 0.273 e. The molecule has 0 unspecified atom stereocenters. The molecule has 1 aliphatic rings. The molecule has 10 heteroatoms. The first-order valence-corrected chi connectivity index (χ1v) is 11.8. The Morgan fingerprint density at radius 2 is 1.58 bits per heavy atom. The lowest BCUT2D eigenvalue weighted by molar-refractivity contribution is -0.385. The van der Waals surface area contributed by atoms with E-state index < -0.39 is 10.8 Å². The lowest BCUT2D eigenvalue weighted by atomic mass is 10.1. The van der Waals surface area contributed by atoms with Gasteiger partial charge in [-0.1, -0.05) is 36.4 Å². The highest BCUT2D eigenvalue weighted by atomic mass is 32.1. The van der Waals surface area contributed by atoms with E-state index in [2.05, 4.69) is 15.5 Å². The van der Waals surface area contributed by atoms with Crippen LogP contribution in [0.5, 0.6) is 0 Å². The van der Waals surface area contributed by atoms with E-state index in [0.717, 1.165) is 5.69 Å². The van der Waals surface area contributed by atoms with Crippen molar-refractivity contribution in [3.63, 3.8) is 0 Å². The number of para-hydroxylation sites is 2. The number of nitrogens with zero attached hydrogens (tertiary/aromatic N) is 3. The fourth-order valence-corrected chi connectivity index (χ4v) is 4.25. The number of anilines is 2. The van der Waals surface area contributed by atoms with Crippen molar-refractivity contribution in [1.29, 1.82) is 0 Å². The van der Waals surface area contributed by atoms with Gasteiger partial charge in [0.15, 0.2) is 5.11 Å². The minimum Gasteiger partial charge on any atom is -0.366 e. The second-order valence-corrected chi connectivity index (χ2v) is 8.74. The SMILES string of the molecule is Cc1ccc(C(=O)NC(=S)Nc2ccccc2N2CCN(C(=O)c3ccccc3)CC2)cc1[N+](=O)[O-]. The average molecular weight is 504 g/mol. The van der Waals surface area contributed by atoms with Gasteiger partial charge in [-0.15, -0.1) is 0 Å². The third-order valence-corrected chi connectivity index (χ3v) is 6.18. The lowest BCUT2D eigenvalue weighted by Crippen LogP contribution is -2.49. The molecule has 3 aromatic carbocycles. The smallest absolute Gasteiger partial charge is 0.273 e. The van der Waals surface area contributed by atoms with E-state index in [4.69, 9.17) is 12.2 Å². The summed E-state index contributed by atoms with van der Waals surface area (Å²) in [7, 11) is 0. The molecule has 36 heavy (non-hydrogen) atoms. The average Bonchev–Trinajstić information content (AvgIpc) is 2.89. The standard InChI is InChI=1S/C26H25N5O4S/c1-18-11-12-20(17-23(18)31(34)35)24(32)28-26(36)27-21-9-5-6-10-22(21)29-13-15-30(16-14-29)25(33)19-7-3-2-4-8-19/h2-12,17H,13-16H2,1H3,(H2,27,28,32,36). The van der Waals surface area contributed by atoms with Gasteiger partial charge in [0.1, 0.15) is 0 Å². The molecule has 1 aliphatic heterocycles. The zero-order valence-electron chi connectivity index (χ0n) is 19.6. The van der Waals surface area contributed by atoms with Crippen LogP contribution in [0, 0.1) is 17.0 Å². The molecule has 1 saturated heterocycles. The van der Waals surface area contributed by atoms with Crippen LogP contribution in [0.1, 0.15) is 26.3 Å². The summed E-state index contributed by atoms with van der Waals surface area (Å²) >= 11 is 5.34. The molecule has 0 aromatic heterocycles. The van der Waals surface area contributed by atoms with Crippen molar-refractivity contribution in [2.75, 3.05) is 36.4 Å². The Bertz CT molecular complexity index is 1310. The van der Waals surface area contributed by atoms with E-state index in [0.29, 0.717) is 43.0 Å². The first-order valence-electron chi connectivity index (χ1n) is 11.4. The fraction of sp³-hybridized carbons (Fsp3) is 0.192. The van der Waals surface area contributed by atoms with Gasteiger partial charge in [0, 0.05) is 48.9 Å². The Labute approximate surface area is 213 Å². The van der Waals surface area contributed by atoms with E-state index in [1.54, 1.807) is 6.92 Å². The number of hydrogen-bond acceptors (Lipinski definition) is 6. The van der Waals surface area contributed by atoms with Gasteiger partial charge in [-0.05, 0) is 49.5 Å². The Balaban J connectivity index is 1.39. The van der Waals surface area contributed by atoms with Crippen molar-refractivity contribution in [2.24, 2.45) is 0 Å². The normalized spacial score (nSPS) is 13.1. The molecular formula is C26H25N5O4S. The summed E-state index contributed by atoms with van der Waals surface area (Å²) in [5.74, 6) is -0.525. The van der Waals surface area contributed by atoms with Gasteiger partial charge >= 0.3 is 0 Å². The highest BCUT2D eigenvalue weighted by molar-refractivity contribution is 7.80. The van der Waals surface area contributed by atoms with Crippen LogP contribution in [-0.4, -0.2) is 52.9 Å². The number of nitro benzene ring substituents is 1. The molecule has 0 bridgehead atoms. The van der Waals surface area contributed by atoms with Crippen LogP contribution in [0.2, 0.25) is 0 Å². The third kappa shape index (κ3) is 5.66. The summed E-state index contributed by atoms with van der Waals surface area (Å²) < 4.78 is 0. The first kappa shape index (κ1) is 24.8. The van der Waals surface area contributed by atoms with Crippen molar-refractivity contribution in [3.8, 4) is 0 Å². The summed E-state index contributed by atoms with van der Waals surface area (Å²) in [6.45, 7) is 4.05. The molecule has 0 radical (unpaired) electrons. The van der Waals surface area contributed by atoms with Crippen molar-refractivity contribution in [2.45, 2.75) is 6.92 Å². The van der Waals surface area contributed by atoms with E-state index in [1.165, 1.54) is 18.2 Å². The zero-order chi connectivity index (χ0) is 25.7. The molecule has 1 heterocycles. The number of rotatable bonds is 5. The van der Waals surface area contributed by atoms with E-state index >= 15 is 0 Å². The Morgan fingerprint density at radius 1 is 0.917 bits per heavy atom. The Morgan fingerprint density at radius 3 is 2.28 bits per heavy atom. The number of benzene rings is 3. The van der Waals surface area contributed by atoms with Crippen molar-refractivity contribution in [1.82, 2.24) is 10.2 Å². The number of amides is 2. The molecule has 1 fully saturated rings. The monoisotopic (exact) mass is 503 g/mol. The fourth-order valence-electron chi connectivity index (χ4n) is 4.05. The third-order valence-electron chi connectivity index (χ3n) is 5.98. The summed E-state index contributed by atoms with van der Waals surface area (Å²) in [5.41, 5.74) is 2.76.